The van der Waals surface area contributed by atoms with Gasteiger partial charge in [-0.15, -0.1) is 0 Å². The van der Waals surface area contributed by atoms with Crippen LogP contribution in [0.4, 0.5) is 41.2 Å². The molecule has 0 saturated carbocycles. The molecule has 0 aromatic heterocycles. The molecule has 2 aromatic rings. The molecule has 4 N–H and O–H groups in total. The SMILES string of the molecule is O=C1CC[C@@H](NC(=O)Nc2ccc(C(=O)N3CCN(Cc4ccc(C(O)(C(F)(F)F)C(F)(F)F)cc4)CC3)cc2F)CN1. The van der Waals surface area contributed by atoms with Crippen molar-refractivity contribution in [3.05, 3.63) is 65.0 Å². The van der Waals surface area contributed by atoms with E-state index in [0.717, 1.165) is 18.2 Å². The molecular weight excluding hydrogens is 591 g/mol. The van der Waals surface area contributed by atoms with Crippen molar-refractivity contribution < 1.29 is 50.2 Å². The maximum atomic E-state index is 14.7. The Bertz CT molecular complexity index is 1320. The number of rotatable bonds is 6. The second kappa shape index (κ2) is 12.4. The Balaban J connectivity index is 1.29. The third-order valence-corrected chi connectivity index (χ3v) is 7.32. The lowest BCUT2D eigenvalue weighted by Gasteiger charge is -2.35. The van der Waals surface area contributed by atoms with Gasteiger partial charge in [0.1, 0.15) is 5.82 Å². The van der Waals surface area contributed by atoms with E-state index in [9.17, 15) is 50.2 Å². The summed E-state index contributed by atoms with van der Waals surface area (Å²) in [6.45, 7) is 1.53. The van der Waals surface area contributed by atoms with Crippen molar-refractivity contribution in [3.8, 4) is 0 Å². The van der Waals surface area contributed by atoms with Gasteiger partial charge in [0, 0.05) is 62.9 Å². The Kier molecular flexibility index (Phi) is 9.20. The molecule has 1 atom stereocenters. The van der Waals surface area contributed by atoms with Crippen LogP contribution in [0.25, 0.3) is 0 Å². The molecular formula is C27H28F7N5O4. The largest absolute Gasteiger partial charge is 0.430 e. The first-order valence-electron chi connectivity index (χ1n) is 13.2. The lowest BCUT2D eigenvalue weighted by molar-refractivity contribution is -0.376. The minimum Gasteiger partial charge on any atom is -0.369 e. The van der Waals surface area contributed by atoms with Gasteiger partial charge in [-0.05, 0) is 30.2 Å². The molecule has 0 spiro atoms. The number of alkyl halides is 6. The number of halogens is 7. The van der Waals surface area contributed by atoms with Crippen molar-refractivity contribution in [1.29, 1.82) is 0 Å². The Hall–Kier alpha value is -3.92. The molecule has 2 aliphatic rings. The van der Waals surface area contributed by atoms with Crippen molar-refractivity contribution >= 4 is 23.5 Å². The average Bonchev–Trinajstić information content (AvgIpc) is 2.94. The van der Waals surface area contributed by atoms with E-state index in [1.165, 1.54) is 17.0 Å². The number of nitrogens with one attached hydrogen (secondary N) is 3. The smallest absolute Gasteiger partial charge is 0.369 e. The molecule has 9 nitrogen and oxygen atoms in total. The molecule has 0 unspecified atom stereocenters. The molecule has 4 amide bonds. The van der Waals surface area contributed by atoms with Crippen LogP contribution in [0.15, 0.2) is 42.5 Å². The van der Waals surface area contributed by atoms with E-state index in [1.54, 1.807) is 0 Å². The van der Waals surface area contributed by atoms with Crippen LogP contribution >= 0.6 is 0 Å². The highest BCUT2D eigenvalue weighted by Crippen LogP contribution is 2.50. The molecule has 2 saturated heterocycles. The van der Waals surface area contributed by atoms with E-state index in [2.05, 4.69) is 16.0 Å². The van der Waals surface area contributed by atoms with E-state index in [-0.39, 0.29) is 55.8 Å². The van der Waals surface area contributed by atoms with Gasteiger partial charge in [0.25, 0.3) is 11.5 Å². The highest BCUT2D eigenvalue weighted by atomic mass is 19.4. The Morgan fingerprint density at radius 3 is 2.12 bits per heavy atom. The summed E-state index contributed by atoms with van der Waals surface area (Å²) in [7, 11) is 0. The van der Waals surface area contributed by atoms with Crippen LogP contribution in [0, 0.1) is 5.82 Å². The molecule has 2 heterocycles. The predicted molar refractivity (Wildman–Crippen MR) is 138 cm³/mol. The molecule has 2 aromatic carbocycles. The van der Waals surface area contributed by atoms with E-state index < -0.39 is 41.3 Å². The van der Waals surface area contributed by atoms with Gasteiger partial charge in [-0.1, -0.05) is 24.3 Å². The third kappa shape index (κ3) is 7.18. The zero-order valence-electron chi connectivity index (χ0n) is 22.5. The summed E-state index contributed by atoms with van der Waals surface area (Å²) < 4.78 is 93.3. The molecule has 2 aliphatic heterocycles. The minimum absolute atomic E-state index is 0.0457. The van der Waals surface area contributed by atoms with Crippen LogP contribution in [-0.4, -0.2) is 83.9 Å². The number of benzene rings is 2. The van der Waals surface area contributed by atoms with Crippen molar-refractivity contribution in [3.63, 3.8) is 0 Å². The molecule has 43 heavy (non-hydrogen) atoms. The summed E-state index contributed by atoms with van der Waals surface area (Å²) in [6.07, 6.45) is -11.2. The summed E-state index contributed by atoms with van der Waals surface area (Å²) in [6, 6.07) is 5.95. The predicted octanol–water partition coefficient (Wildman–Crippen LogP) is 3.50. The van der Waals surface area contributed by atoms with Gasteiger partial charge in [0.15, 0.2) is 0 Å². The van der Waals surface area contributed by atoms with Crippen molar-refractivity contribution in [2.75, 3.05) is 38.0 Å². The Labute approximate surface area is 241 Å². The summed E-state index contributed by atoms with van der Waals surface area (Å²) in [5.74, 6) is -1.41. The van der Waals surface area contributed by atoms with Gasteiger partial charge in [0.2, 0.25) is 5.91 Å². The summed E-state index contributed by atoms with van der Waals surface area (Å²) in [5, 5.41) is 17.2. The maximum Gasteiger partial charge on any atom is 0.430 e. The average molecular weight is 620 g/mol. The highest BCUT2D eigenvalue weighted by Gasteiger charge is 2.71. The first kappa shape index (κ1) is 32.0. The van der Waals surface area contributed by atoms with Crippen molar-refractivity contribution in [2.24, 2.45) is 0 Å². The van der Waals surface area contributed by atoms with Gasteiger partial charge in [0.05, 0.1) is 5.69 Å². The number of nitrogens with zero attached hydrogens (tertiary/aromatic N) is 2. The number of amides is 4. The topological polar surface area (TPSA) is 114 Å². The van der Waals surface area contributed by atoms with Gasteiger partial charge >= 0.3 is 18.4 Å². The van der Waals surface area contributed by atoms with Crippen molar-refractivity contribution in [1.82, 2.24) is 20.4 Å². The molecule has 234 valence electrons. The number of carbonyl (C=O) groups is 3. The van der Waals surface area contributed by atoms with Crippen LogP contribution in [0.2, 0.25) is 0 Å². The number of anilines is 1. The fraction of sp³-hybridized carbons (Fsp3) is 0.444. The number of aliphatic hydroxyl groups is 1. The number of piperidine rings is 1. The van der Waals surface area contributed by atoms with Gasteiger partial charge < -0.3 is 26.0 Å². The fourth-order valence-electron chi connectivity index (χ4n) is 4.84. The lowest BCUT2D eigenvalue weighted by Crippen LogP contribution is -2.53. The van der Waals surface area contributed by atoms with Gasteiger partial charge in [-0.25, -0.2) is 9.18 Å². The second-order valence-electron chi connectivity index (χ2n) is 10.3. The third-order valence-electron chi connectivity index (χ3n) is 7.32. The van der Waals surface area contributed by atoms with Crippen molar-refractivity contribution in [2.45, 2.75) is 43.4 Å². The zero-order valence-corrected chi connectivity index (χ0v) is 22.5. The summed E-state index contributed by atoms with van der Waals surface area (Å²) >= 11 is 0. The number of carbonyl (C=O) groups excluding carboxylic acids is 3. The van der Waals surface area contributed by atoms with Crippen LogP contribution in [0.3, 0.4) is 0 Å². The van der Waals surface area contributed by atoms with E-state index in [0.29, 0.717) is 37.2 Å². The zero-order chi connectivity index (χ0) is 31.6. The monoisotopic (exact) mass is 619 g/mol. The van der Waals surface area contributed by atoms with Gasteiger partial charge in [-0.3, -0.25) is 14.5 Å². The highest BCUT2D eigenvalue weighted by molar-refractivity contribution is 5.96. The summed E-state index contributed by atoms with van der Waals surface area (Å²) in [5.41, 5.74) is -6.05. The molecule has 4 rings (SSSR count). The first-order chi connectivity index (χ1) is 20.1. The number of piperazine rings is 1. The number of hydrogen-bond acceptors (Lipinski definition) is 5. The number of urea groups is 1. The van der Waals surface area contributed by atoms with Crippen LogP contribution in [-0.2, 0) is 16.9 Å². The van der Waals surface area contributed by atoms with E-state index >= 15 is 0 Å². The van der Waals surface area contributed by atoms with Gasteiger partial charge in [-0.2, -0.15) is 26.3 Å². The molecule has 0 radical (unpaired) electrons. The second-order valence-corrected chi connectivity index (χ2v) is 10.3. The molecule has 0 aliphatic carbocycles. The summed E-state index contributed by atoms with van der Waals surface area (Å²) in [4.78, 5) is 39.7. The van der Waals surface area contributed by atoms with E-state index in [1.807, 2.05) is 4.90 Å². The molecule has 2 fully saturated rings. The maximum absolute atomic E-state index is 14.7. The molecule has 0 bridgehead atoms. The Morgan fingerprint density at radius 1 is 0.953 bits per heavy atom. The fourth-order valence-corrected chi connectivity index (χ4v) is 4.84. The molecule has 16 heteroatoms. The minimum atomic E-state index is -5.97. The quantitative estimate of drug-likeness (QED) is 0.370. The Morgan fingerprint density at radius 2 is 1.58 bits per heavy atom. The lowest BCUT2D eigenvalue weighted by atomic mass is 9.91. The van der Waals surface area contributed by atoms with Crippen LogP contribution in [0.5, 0.6) is 0 Å². The normalized spacial score (nSPS) is 18.7. The van der Waals surface area contributed by atoms with Crippen LogP contribution in [0.1, 0.15) is 34.3 Å². The first-order valence-corrected chi connectivity index (χ1v) is 13.2. The number of hydrogen-bond donors (Lipinski definition) is 4. The standard InChI is InChI=1S/C27H28F7N5O4/c28-20-13-17(3-7-21(20)37-24(42)36-19-6-8-22(40)35-14-19)23(41)39-11-9-38(10-12-39)15-16-1-4-18(5-2-16)25(43,26(29,30)31)27(32,33)34/h1-5,7,13,19,43H,6,8-12,14-15H2,(H,35,40)(H2,36,37,42)/t19-/m1/s1. The van der Waals surface area contributed by atoms with Crippen LogP contribution < -0.4 is 16.0 Å². The van der Waals surface area contributed by atoms with E-state index in [4.69, 9.17) is 0 Å².